The Hall–Kier alpha value is -1.74. The van der Waals surface area contributed by atoms with Crippen LogP contribution in [0.25, 0.3) is 0 Å². The van der Waals surface area contributed by atoms with Gasteiger partial charge in [-0.3, -0.25) is 0 Å². The number of aliphatic hydroxyl groups is 1. The van der Waals surface area contributed by atoms with Crippen LogP contribution in [0.3, 0.4) is 0 Å². The lowest BCUT2D eigenvalue weighted by Gasteiger charge is -2.17. The molecular formula is C19H19ClN2O2S. The van der Waals surface area contributed by atoms with Crippen molar-refractivity contribution in [3.05, 3.63) is 52.2 Å². The van der Waals surface area contributed by atoms with Gasteiger partial charge in [0.2, 0.25) is 0 Å². The molecule has 130 valence electrons. The molecule has 0 bridgehead atoms. The number of thioether (sulfide) groups is 1. The van der Waals surface area contributed by atoms with E-state index in [-0.39, 0.29) is 6.61 Å². The molecular weight excluding hydrogens is 356 g/mol. The van der Waals surface area contributed by atoms with E-state index >= 15 is 0 Å². The fraction of sp³-hybridized carbons (Fsp3) is 0.368. The summed E-state index contributed by atoms with van der Waals surface area (Å²) in [5.74, 6) is 1.09. The smallest absolute Gasteiger partial charge is 0.119 e. The van der Waals surface area contributed by atoms with E-state index in [1.54, 1.807) is 24.3 Å². The van der Waals surface area contributed by atoms with Crippen molar-refractivity contribution in [2.45, 2.75) is 36.8 Å². The summed E-state index contributed by atoms with van der Waals surface area (Å²) in [6.45, 7) is 0.182. The minimum absolute atomic E-state index is 0.182. The summed E-state index contributed by atoms with van der Waals surface area (Å²) in [6, 6.07) is 11.2. The van der Waals surface area contributed by atoms with Gasteiger partial charge in [-0.15, -0.1) is 11.8 Å². The van der Waals surface area contributed by atoms with Crippen LogP contribution < -0.4 is 4.74 Å². The molecule has 1 aliphatic carbocycles. The summed E-state index contributed by atoms with van der Waals surface area (Å²) >= 11 is 7.23. The average molecular weight is 375 g/mol. The molecule has 1 aliphatic rings. The van der Waals surface area contributed by atoms with Gasteiger partial charge in [0.15, 0.2) is 0 Å². The van der Waals surface area contributed by atoms with E-state index in [9.17, 15) is 10.4 Å². The molecule has 1 aromatic heterocycles. The molecule has 0 aliphatic heterocycles. The second-order valence-corrected chi connectivity index (χ2v) is 7.44. The molecule has 0 saturated heterocycles. The number of rotatable bonds is 6. The van der Waals surface area contributed by atoms with Gasteiger partial charge in [-0.2, -0.15) is 5.26 Å². The van der Waals surface area contributed by atoms with Gasteiger partial charge in [-0.1, -0.05) is 11.6 Å². The van der Waals surface area contributed by atoms with Gasteiger partial charge in [0, 0.05) is 16.5 Å². The minimum Gasteiger partial charge on any atom is -0.491 e. The lowest BCUT2D eigenvalue weighted by molar-refractivity contribution is 0.126. The Bertz CT molecular complexity index is 774. The Morgan fingerprint density at radius 1 is 1.28 bits per heavy atom. The Morgan fingerprint density at radius 3 is 2.80 bits per heavy atom. The lowest BCUT2D eigenvalue weighted by Crippen LogP contribution is -2.20. The molecule has 3 rings (SSSR count). The first-order valence-corrected chi connectivity index (χ1v) is 9.64. The highest BCUT2D eigenvalue weighted by atomic mass is 35.5. The highest BCUT2D eigenvalue weighted by molar-refractivity contribution is 7.99. The third kappa shape index (κ3) is 4.88. The monoisotopic (exact) mass is 374 g/mol. The predicted molar refractivity (Wildman–Crippen MR) is 99.3 cm³/mol. The fourth-order valence-electron chi connectivity index (χ4n) is 2.75. The third-order valence-corrected chi connectivity index (χ3v) is 5.44. The summed E-state index contributed by atoms with van der Waals surface area (Å²) in [6.07, 6.45) is 3.63. The zero-order chi connectivity index (χ0) is 17.6. The molecule has 1 atom stereocenters. The number of hydrogen-bond donors (Lipinski definition) is 1. The van der Waals surface area contributed by atoms with E-state index in [1.165, 1.54) is 17.3 Å². The van der Waals surface area contributed by atoms with Crippen LogP contribution in [0.2, 0.25) is 5.02 Å². The SMILES string of the molecule is N#Cc1cc2c(nc1SC[C@H](O)COc1ccc(Cl)cc1)CCCC2. The lowest BCUT2D eigenvalue weighted by atomic mass is 9.95. The number of hydrogen-bond acceptors (Lipinski definition) is 5. The van der Waals surface area contributed by atoms with Crippen molar-refractivity contribution < 1.29 is 9.84 Å². The summed E-state index contributed by atoms with van der Waals surface area (Å²) in [7, 11) is 0. The Morgan fingerprint density at radius 2 is 2.04 bits per heavy atom. The first kappa shape index (κ1) is 18.1. The van der Waals surface area contributed by atoms with Crippen molar-refractivity contribution in [2.75, 3.05) is 12.4 Å². The zero-order valence-corrected chi connectivity index (χ0v) is 15.3. The van der Waals surface area contributed by atoms with Crippen LogP contribution in [0, 0.1) is 11.3 Å². The molecule has 0 radical (unpaired) electrons. The van der Waals surface area contributed by atoms with E-state index in [0.717, 1.165) is 31.4 Å². The first-order valence-electron chi connectivity index (χ1n) is 8.28. The molecule has 1 aromatic carbocycles. The van der Waals surface area contributed by atoms with Gasteiger partial charge in [-0.05, 0) is 61.6 Å². The van der Waals surface area contributed by atoms with Crippen molar-refractivity contribution in [3.8, 4) is 11.8 Å². The number of ether oxygens (including phenoxy) is 1. The number of aliphatic hydroxyl groups excluding tert-OH is 1. The van der Waals surface area contributed by atoms with Crippen molar-refractivity contribution in [3.63, 3.8) is 0 Å². The first-order chi connectivity index (χ1) is 12.2. The molecule has 1 heterocycles. The van der Waals surface area contributed by atoms with Gasteiger partial charge in [0.1, 0.15) is 23.5 Å². The van der Waals surface area contributed by atoms with Gasteiger partial charge >= 0.3 is 0 Å². The van der Waals surface area contributed by atoms with E-state index in [0.29, 0.717) is 27.1 Å². The minimum atomic E-state index is -0.648. The van der Waals surface area contributed by atoms with E-state index in [4.69, 9.17) is 16.3 Å². The maximum absolute atomic E-state index is 10.1. The van der Waals surface area contributed by atoms with E-state index in [2.05, 4.69) is 11.1 Å². The fourth-order valence-corrected chi connectivity index (χ4v) is 3.76. The molecule has 0 fully saturated rings. The second kappa shape index (κ2) is 8.57. The van der Waals surface area contributed by atoms with Gasteiger partial charge in [0.25, 0.3) is 0 Å². The molecule has 4 nitrogen and oxygen atoms in total. The molecule has 1 N–H and O–H groups in total. The number of nitriles is 1. The topological polar surface area (TPSA) is 66.1 Å². The van der Waals surface area contributed by atoms with Crippen LogP contribution >= 0.6 is 23.4 Å². The number of fused-ring (bicyclic) bond motifs is 1. The number of nitrogens with zero attached hydrogens (tertiary/aromatic N) is 2. The van der Waals surface area contributed by atoms with Crippen molar-refractivity contribution in [1.82, 2.24) is 4.98 Å². The van der Waals surface area contributed by atoms with Crippen molar-refractivity contribution >= 4 is 23.4 Å². The number of aryl methyl sites for hydroxylation is 2. The molecule has 0 spiro atoms. The zero-order valence-electron chi connectivity index (χ0n) is 13.7. The highest BCUT2D eigenvalue weighted by Gasteiger charge is 2.16. The summed E-state index contributed by atoms with van der Waals surface area (Å²) in [5, 5.41) is 20.9. The second-order valence-electron chi connectivity index (χ2n) is 6.00. The number of halogens is 1. The highest BCUT2D eigenvalue weighted by Crippen LogP contribution is 2.27. The largest absolute Gasteiger partial charge is 0.491 e. The standard InChI is InChI=1S/C19H19ClN2O2S/c20-15-5-7-17(8-6-15)24-11-16(23)12-25-19-14(10-21)9-13-3-1-2-4-18(13)22-19/h5-9,16,23H,1-4,11-12H2/t16-/m1/s1. The molecule has 2 aromatic rings. The summed E-state index contributed by atoms with van der Waals surface area (Å²) in [4.78, 5) is 4.66. The molecule has 6 heteroatoms. The van der Waals surface area contributed by atoms with Crippen LogP contribution in [-0.4, -0.2) is 28.6 Å². The van der Waals surface area contributed by atoms with Crippen LogP contribution in [-0.2, 0) is 12.8 Å². The summed E-state index contributed by atoms with van der Waals surface area (Å²) < 4.78 is 5.55. The Labute approximate surface area is 156 Å². The van der Waals surface area contributed by atoms with E-state index < -0.39 is 6.10 Å². The van der Waals surface area contributed by atoms with Crippen molar-refractivity contribution in [1.29, 1.82) is 5.26 Å². The molecule has 25 heavy (non-hydrogen) atoms. The molecule has 0 amide bonds. The van der Waals surface area contributed by atoms with Crippen LogP contribution in [0.1, 0.15) is 29.7 Å². The van der Waals surface area contributed by atoms with E-state index in [1.807, 2.05) is 6.07 Å². The predicted octanol–water partition coefficient (Wildman–Crippen LogP) is 4.02. The quantitative estimate of drug-likeness (QED) is 0.773. The van der Waals surface area contributed by atoms with Gasteiger partial charge in [-0.25, -0.2) is 4.98 Å². The van der Waals surface area contributed by atoms with Gasteiger partial charge < -0.3 is 9.84 Å². The molecule has 0 saturated carbocycles. The van der Waals surface area contributed by atoms with Crippen LogP contribution in [0.4, 0.5) is 0 Å². The Kier molecular flexibility index (Phi) is 6.19. The van der Waals surface area contributed by atoms with Crippen LogP contribution in [0.5, 0.6) is 5.75 Å². The normalized spacial score (nSPS) is 14.4. The Balaban J connectivity index is 1.57. The average Bonchev–Trinajstić information content (AvgIpc) is 2.65. The number of aromatic nitrogens is 1. The van der Waals surface area contributed by atoms with Gasteiger partial charge in [0.05, 0.1) is 11.7 Å². The number of benzene rings is 1. The summed E-state index contributed by atoms with van der Waals surface area (Å²) in [5.41, 5.74) is 2.88. The van der Waals surface area contributed by atoms with Crippen molar-refractivity contribution in [2.24, 2.45) is 0 Å². The maximum atomic E-state index is 10.1. The number of pyridine rings is 1. The maximum Gasteiger partial charge on any atom is 0.119 e. The molecule has 0 unspecified atom stereocenters. The van der Waals surface area contributed by atoms with Crippen LogP contribution in [0.15, 0.2) is 35.4 Å². The third-order valence-electron chi connectivity index (χ3n) is 4.05.